The average molecular weight is 664 g/mol. The molecule has 8 atom stereocenters. The van der Waals surface area contributed by atoms with Gasteiger partial charge in [-0.2, -0.15) is 0 Å². The Bertz CT molecular complexity index is 1430. The standard InChI is InChI=1S/C38H53N3O7/c1-8-24(2)26(22-42)41-32-34(45)40(37(6,7)23-36(3,4)5)20-14-19-38(32)31(33(41)44)30-27(48-38)17-12-13-18-29(43)39-21-28(47-35(30)46)25-15-10-9-11-16-25/h9-12,14-17,19,24,26-28,30-32,42H,8,13,18,20-23H2,1-7H3,(H,39,43)/b17-12-/t24-,26-,27-,28+,30+,31+,32-,38+/m0/s1. The van der Waals surface area contributed by atoms with Gasteiger partial charge in [-0.25, -0.2) is 0 Å². The molecule has 0 aromatic heterocycles. The van der Waals surface area contributed by atoms with E-state index in [4.69, 9.17) is 9.47 Å². The number of ether oxygens (including phenoxy) is 2. The second kappa shape index (κ2) is 13.8. The minimum Gasteiger partial charge on any atom is -0.455 e. The topological polar surface area (TPSA) is 125 Å². The van der Waals surface area contributed by atoms with Gasteiger partial charge in [0.25, 0.3) is 0 Å². The van der Waals surface area contributed by atoms with E-state index in [0.29, 0.717) is 31.4 Å². The number of carbonyl (C=O) groups excluding carboxylic acids is 4. The number of aliphatic hydroxyl groups is 1. The maximum absolute atomic E-state index is 15.0. The third-order valence-electron chi connectivity index (χ3n) is 10.5. The fourth-order valence-electron chi connectivity index (χ4n) is 8.46. The first-order chi connectivity index (χ1) is 22.6. The average Bonchev–Trinajstić information content (AvgIpc) is 3.40. The number of nitrogens with one attached hydrogen (secondary N) is 1. The molecule has 2 fully saturated rings. The van der Waals surface area contributed by atoms with Crippen LogP contribution in [0, 0.1) is 23.2 Å². The van der Waals surface area contributed by atoms with Crippen molar-refractivity contribution in [3.63, 3.8) is 0 Å². The first-order valence-corrected chi connectivity index (χ1v) is 17.4. The monoisotopic (exact) mass is 663 g/mol. The number of hydrogen-bond acceptors (Lipinski definition) is 7. The number of allylic oxidation sites excluding steroid dienone is 1. The van der Waals surface area contributed by atoms with Gasteiger partial charge in [-0.05, 0) is 43.6 Å². The lowest BCUT2D eigenvalue weighted by Gasteiger charge is -2.46. The van der Waals surface area contributed by atoms with Gasteiger partial charge >= 0.3 is 5.97 Å². The van der Waals surface area contributed by atoms with Crippen molar-refractivity contribution in [3.05, 3.63) is 60.2 Å². The highest BCUT2D eigenvalue weighted by molar-refractivity contribution is 5.99. The lowest BCUT2D eigenvalue weighted by atomic mass is 9.77. The molecule has 0 aliphatic carbocycles. The number of esters is 1. The summed E-state index contributed by atoms with van der Waals surface area (Å²) < 4.78 is 13.1. The van der Waals surface area contributed by atoms with Crippen LogP contribution in [0.3, 0.4) is 0 Å². The summed E-state index contributed by atoms with van der Waals surface area (Å²) in [6.07, 6.45) is 7.60. The van der Waals surface area contributed by atoms with Crippen LogP contribution in [-0.2, 0) is 28.7 Å². The predicted molar refractivity (Wildman–Crippen MR) is 181 cm³/mol. The van der Waals surface area contributed by atoms with Crippen molar-refractivity contribution in [1.82, 2.24) is 15.1 Å². The van der Waals surface area contributed by atoms with Gasteiger partial charge in [-0.15, -0.1) is 0 Å². The molecule has 1 aromatic rings. The van der Waals surface area contributed by atoms with E-state index in [2.05, 4.69) is 26.1 Å². The zero-order valence-electron chi connectivity index (χ0n) is 29.5. The van der Waals surface area contributed by atoms with Gasteiger partial charge in [0.05, 0.1) is 31.2 Å². The molecule has 0 saturated carbocycles. The number of nitrogens with zero attached hydrogens (tertiary/aromatic N) is 2. The normalized spacial score (nSPS) is 31.8. The Labute approximate surface area is 284 Å². The van der Waals surface area contributed by atoms with Crippen LogP contribution >= 0.6 is 0 Å². The van der Waals surface area contributed by atoms with Crippen LogP contribution in [0.15, 0.2) is 54.6 Å². The van der Waals surface area contributed by atoms with Gasteiger partial charge in [0.15, 0.2) is 0 Å². The van der Waals surface area contributed by atoms with Crippen molar-refractivity contribution >= 4 is 23.7 Å². The number of hydrogen-bond donors (Lipinski definition) is 2. The van der Waals surface area contributed by atoms with E-state index < -0.39 is 59.1 Å². The summed E-state index contributed by atoms with van der Waals surface area (Å²) in [4.78, 5) is 60.4. The van der Waals surface area contributed by atoms with Crippen LogP contribution in [0.2, 0.25) is 0 Å². The lowest BCUT2D eigenvalue weighted by molar-refractivity contribution is -0.161. The van der Waals surface area contributed by atoms with Gasteiger partial charge in [0.2, 0.25) is 17.7 Å². The zero-order chi connectivity index (χ0) is 35.0. The van der Waals surface area contributed by atoms with Crippen molar-refractivity contribution in [2.75, 3.05) is 19.7 Å². The quantitative estimate of drug-likeness (QED) is 0.329. The van der Waals surface area contributed by atoms with Crippen molar-refractivity contribution in [2.45, 2.75) is 110 Å². The highest BCUT2D eigenvalue weighted by Crippen LogP contribution is 2.54. The van der Waals surface area contributed by atoms with Gasteiger partial charge in [0.1, 0.15) is 23.7 Å². The number of benzene rings is 1. The molecule has 2 N–H and O–H groups in total. The van der Waals surface area contributed by atoms with E-state index in [1.54, 1.807) is 12.2 Å². The molecule has 4 heterocycles. The van der Waals surface area contributed by atoms with Gasteiger partial charge in [-0.1, -0.05) is 95.7 Å². The number of aliphatic hydroxyl groups excluding tert-OH is 1. The van der Waals surface area contributed by atoms with Crippen LogP contribution in [0.25, 0.3) is 0 Å². The SMILES string of the molecule is CC[C@H](C)[C@H](CO)N1C(=O)[C@H]2[C@@H]3C(=O)O[C@@H](c4ccccc4)CNC(=O)CC/C=C\[C@@H]3O[C@]23C=CCN(C(C)(C)CC(C)(C)C)C(=O)[C@H]13. The molecule has 0 bridgehead atoms. The summed E-state index contributed by atoms with van der Waals surface area (Å²) in [5.41, 5.74) is -1.42. The summed E-state index contributed by atoms with van der Waals surface area (Å²) in [6, 6.07) is 7.43. The van der Waals surface area contributed by atoms with Crippen molar-refractivity contribution < 1.29 is 33.8 Å². The molecule has 1 aromatic carbocycles. The minimum absolute atomic E-state index is 0.0753. The molecule has 1 spiro atoms. The van der Waals surface area contributed by atoms with Crippen LogP contribution in [0.1, 0.15) is 85.8 Å². The summed E-state index contributed by atoms with van der Waals surface area (Å²) in [5.74, 6) is -3.73. The Morgan fingerprint density at radius 2 is 1.75 bits per heavy atom. The first-order valence-electron chi connectivity index (χ1n) is 17.4. The summed E-state index contributed by atoms with van der Waals surface area (Å²) >= 11 is 0. The summed E-state index contributed by atoms with van der Waals surface area (Å²) in [5, 5.41) is 13.6. The fraction of sp³-hybridized carbons (Fsp3) is 0.632. The molecule has 4 aliphatic rings. The molecule has 48 heavy (non-hydrogen) atoms. The molecule has 2 saturated heterocycles. The Kier molecular flexibility index (Phi) is 10.3. The fourth-order valence-corrected chi connectivity index (χ4v) is 8.46. The third-order valence-corrected chi connectivity index (χ3v) is 10.5. The van der Waals surface area contributed by atoms with E-state index in [0.717, 1.165) is 0 Å². The highest BCUT2D eigenvalue weighted by Gasteiger charge is 2.73. The second-order valence-corrected chi connectivity index (χ2v) is 15.7. The number of carbonyl (C=O) groups is 4. The minimum atomic E-state index is -1.48. The van der Waals surface area contributed by atoms with Crippen LogP contribution in [0.4, 0.5) is 0 Å². The Morgan fingerprint density at radius 3 is 2.40 bits per heavy atom. The van der Waals surface area contributed by atoms with Crippen LogP contribution < -0.4 is 5.32 Å². The molecule has 3 amide bonds. The van der Waals surface area contributed by atoms with Gasteiger partial charge < -0.3 is 29.7 Å². The lowest BCUT2D eigenvalue weighted by Crippen LogP contribution is -2.62. The Balaban J connectivity index is 1.64. The molecule has 5 rings (SSSR count). The smallest absolute Gasteiger partial charge is 0.313 e. The van der Waals surface area contributed by atoms with E-state index in [9.17, 15) is 19.5 Å². The summed E-state index contributed by atoms with van der Waals surface area (Å²) in [6.45, 7) is 14.5. The number of cyclic esters (lactones) is 1. The highest BCUT2D eigenvalue weighted by atomic mass is 16.6. The van der Waals surface area contributed by atoms with Crippen molar-refractivity contribution in [2.24, 2.45) is 23.2 Å². The number of fused-ring (bicyclic) bond motifs is 2. The van der Waals surface area contributed by atoms with E-state index >= 15 is 4.79 Å². The molecule has 0 radical (unpaired) electrons. The Morgan fingerprint density at radius 1 is 1.04 bits per heavy atom. The molecular formula is C38H53N3O7. The molecule has 10 heteroatoms. The maximum atomic E-state index is 15.0. The van der Waals surface area contributed by atoms with Crippen molar-refractivity contribution in [1.29, 1.82) is 0 Å². The van der Waals surface area contributed by atoms with Gasteiger partial charge in [0, 0.05) is 18.5 Å². The number of likely N-dealkylation sites (tertiary alicyclic amines) is 1. The number of rotatable bonds is 7. The predicted octanol–water partition coefficient (Wildman–Crippen LogP) is 4.34. The zero-order valence-corrected chi connectivity index (χ0v) is 29.5. The molecule has 10 nitrogen and oxygen atoms in total. The first kappa shape index (κ1) is 35.8. The largest absolute Gasteiger partial charge is 0.455 e. The Hall–Kier alpha value is -3.50. The third kappa shape index (κ3) is 6.70. The number of amides is 3. The molecule has 262 valence electrons. The van der Waals surface area contributed by atoms with Gasteiger partial charge in [-0.3, -0.25) is 19.2 Å². The van der Waals surface area contributed by atoms with Crippen LogP contribution in [-0.4, -0.2) is 87.6 Å². The summed E-state index contributed by atoms with van der Waals surface area (Å²) in [7, 11) is 0. The molecule has 0 unspecified atom stereocenters. The molecule has 4 aliphatic heterocycles. The van der Waals surface area contributed by atoms with Crippen LogP contribution in [0.5, 0.6) is 0 Å². The maximum Gasteiger partial charge on any atom is 0.313 e. The van der Waals surface area contributed by atoms with E-state index in [1.807, 2.05) is 75.1 Å². The van der Waals surface area contributed by atoms with Crippen molar-refractivity contribution in [3.8, 4) is 0 Å². The molecular weight excluding hydrogens is 610 g/mol. The second-order valence-electron chi connectivity index (χ2n) is 15.7. The van der Waals surface area contributed by atoms with E-state index in [-0.39, 0.29) is 42.7 Å². The van der Waals surface area contributed by atoms with E-state index in [1.165, 1.54) is 4.90 Å².